The summed E-state index contributed by atoms with van der Waals surface area (Å²) in [5, 5.41) is 1.15. The molecule has 0 aliphatic carbocycles. The van der Waals surface area contributed by atoms with Gasteiger partial charge in [0.25, 0.3) is 0 Å². The van der Waals surface area contributed by atoms with Gasteiger partial charge in [0.15, 0.2) is 0 Å². The van der Waals surface area contributed by atoms with Crippen molar-refractivity contribution < 1.29 is 57.7 Å². The number of hydrogen-bond acceptors (Lipinski definition) is 5. The molecule has 0 saturated carbocycles. The van der Waals surface area contributed by atoms with Gasteiger partial charge in [-0.1, -0.05) is 0 Å². The number of hydrogen-bond donors (Lipinski definition) is 0. The zero-order chi connectivity index (χ0) is 44.0. The molecular formula is C46H37BF8O5P2. The van der Waals surface area contributed by atoms with Gasteiger partial charge in [-0.25, -0.2) is 0 Å². The zero-order valence-corrected chi connectivity index (χ0v) is 34.3. The predicted octanol–water partition coefficient (Wildman–Crippen LogP) is 10.7. The maximum atomic E-state index is 15.7. The summed E-state index contributed by atoms with van der Waals surface area (Å²) in [6.07, 6.45) is -10.6. The van der Waals surface area contributed by atoms with Crippen molar-refractivity contribution in [2.24, 2.45) is 0 Å². The fourth-order valence-corrected chi connectivity index (χ4v) is 16.7. The molecule has 0 atom stereocenters. The molecule has 7 rings (SSSR count). The Morgan fingerprint density at radius 3 is 0.823 bits per heavy atom. The molecule has 0 fully saturated rings. The molecule has 0 saturated heterocycles. The molecule has 0 radical (unpaired) electrons. The molecule has 0 aliphatic heterocycles. The van der Waals surface area contributed by atoms with Crippen molar-refractivity contribution in [1.29, 1.82) is 0 Å². The van der Waals surface area contributed by atoms with E-state index in [1.807, 2.05) is 0 Å². The number of rotatable bonds is 16. The SMILES string of the molecule is FCOP(OB(Oc1cc(C(F)(F)F)cc(C(F)(F)F)c1)OP(OCF)(c1ccccc1)(c1ccccc1)c1ccccc1)(c1ccccc1)(c1ccccc1)c1ccccc1. The van der Waals surface area contributed by atoms with Crippen molar-refractivity contribution in [2.45, 2.75) is 12.4 Å². The van der Waals surface area contributed by atoms with E-state index in [9.17, 15) is 26.3 Å². The Hall–Kier alpha value is -5.46. The van der Waals surface area contributed by atoms with Crippen molar-refractivity contribution in [3.63, 3.8) is 0 Å². The first-order chi connectivity index (χ1) is 29.8. The Labute approximate surface area is 353 Å². The van der Waals surface area contributed by atoms with Gasteiger partial charge >= 0.3 is 354 Å². The summed E-state index contributed by atoms with van der Waals surface area (Å²) in [6.45, 7) is -3.07. The molecule has 62 heavy (non-hydrogen) atoms. The first-order valence-electron chi connectivity index (χ1n) is 18.9. The van der Waals surface area contributed by atoms with E-state index in [-0.39, 0.29) is 37.9 Å². The molecule has 0 aromatic heterocycles. The third kappa shape index (κ3) is 7.92. The maximum absolute atomic E-state index is 15.7. The molecular weight excluding hydrogens is 857 g/mol. The monoisotopic (exact) mass is 894 g/mol. The van der Waals surface area contributed by atoms with Crippen LogP contribution in [0.2, 0.25) is 0 Å². The fourth-order valence-electron chi connectivity index (χ4n) is 7.64. The Morgan fingerprint density at radius 2 is 0.613 bits per heavy atom. The van der Waals surface area contributed by atoms with Crippen molar-refractivity contribution in [3.05, 3.63) is 211 Å². The average molecular weight is 895 g/mol. The van der Waals surface area contributed by atoms with E-state index in [0.29, 0.717) is 12.1 Å². The molecule has 320 valence electrons. The number of benzene rings is 7. The van der Waals surface area contributed by atoms with Crippen LogP contribution in [-0.2, 0) is 30.3 Å². The van der Waals surface area contributed by atoms with Gasteiger partial charge in [-0.3, -0.25) is 0 Å². The molecule has 0 bridgehead atoms. The Morgan fingerprint density at radius 1 is 0.371 bits per heavy atom. The molecule has 0 aliphatic rings. The molecule has 16 heteroatoms. The summed E-state index contributed by atoms with van der Waals surface area (Å²) in [6, 6.07) is 49.2. The topological polar surface area (TPSA) is 46.2 Å². The molecule has 0 unspecified atom stereocenters. The quantitative estimate of drug-likeness (QED) is 0.0549. The summed E-state index contributed by atoms with van der Waals surface area (Å²) in [5.41, 5.74) is -3.42. The van der Waals surface area contributed by atoms with Gasteiger partial charge in [0, 0.05) is 0 Å². The summed E-state index contributed by atoms with van der Waals surface area (Å²) in [5.74, 6) is -1.02. The second kappa shape index (κ2) is 17.7. The van der Waals surface area contributed by atoms with Crippen LogP contribution in [-0.4, -0.2) is 21.0 Å². The standard InChI is InChI=1S/C46H37BF8O5P2/c48-34-56-61(39-19-7-1-8-20-39,40-21-9-2-10-22-40,41-23-11-3-12-24-41)59-47(58-38-32-36(45(50,51)52)31-37(33-38)46(53,54)55)60-62(57-35-49,42-25-13-4-14-26-42,43-27-15-5-16-28-43)44-29-17-6-18-30-44/h1-33H,34-35H2. The third-order valence-corrected chi connectivity index (χ3v) is 20.1. The minimum atomic E-state index is -5.50. The zero-order valence-electron chi connectivity index (χ0n) is 32.5. The van der Waals surface area contributed by atoms with Crippen molar-refractivity contribution in [2.75, 3.05) is 13.7 Å². The molecule has 0 N–H and O–H groups in total. The summed E-state index contributed by atoms with van der Waals surface area (Å²) >= 11 is 0. The molecule has 7 aromatic carbocycles. The normalized spacial score (nSPS) is 13.6. The Kier molecular flexibility index (Phi) is 12.8. The third-order valence-electron chi connectivity index (χ3n) is 10.3. The van der Waals surface area contributed by atoms with Crippen LogP contribution in [0.15, 0.2) is 200 Å². The number of alkyl halides is 8. The minimum absolute atomic E-state index is 0.0577. The van der Waals surface area contributed by atoms with Gasteiger partial charge in [0.2, 0.25) is 0 Å². The average Bonchev–Trinajstić information content (AvgIpc) is 3.30. The van der Waals surface area contributed by atoms with Gasteiger partial charge in [-0.15, -0.1) is 0 Å². The van der Waals surface area contributed by atoms with Gasteiger partial charge in [-0.2, -0.15) is 0 Å². The Balaban J connectivity index is 1.66. The van der Waals surface area contributed by atoms with E-state index in [2.05, 4.69) is 0 Å². The first kappa shape index (κ1) is 44.6. The van der Waals surface area contributed by atoms with Crippen LogP contribution in [0.1, 0.15) is 11.1 Å². The van der Waals surface area contributed by atoms with E-state index in [0.717, 1.165) is 0 Å². The number of halogens is 8. The van der Waals surface area contributed by atoms with Crippen molar-refractivity contribution >= 4 is 53.3 Å². The van der Waals surface area contributed by atoms with Crippen LogP contribution in [0.3, 0.4) is 0 Å². The fraction of sp³-hybridized carbons (Fsp3) is 0.0870. The molecule has 0 amide bonds. The van der Waals surface area contributed by atoms with Crippen LogP contribution < -0.4 is 36.5 Å². The van der Waals surface area contributed by atoms with Gasteiger partial charge in [-0.05, 0) is 0 Å². The molecule has 0 spiro atoms. The van der Waals surface area contributed by atoms with Crippen LogP contribution in [0.4, 0.5) is 35.1 Å². The van der Waals surface area contributed by atoms with Gasteiger partial charge in [0.1, 0.15) is 0 Å². The van der Waals surface area contributed by atoms with Crippen LogP contribution in [0, 0.1) is 0 Å². The Bertz CT molecular complexity index is 2170. The van der Waals surface area contributed by atoms with Gasteiger partial charge < -0.3 is 0 Å². The van der Waals surface area contributed by atoms with Crippen LogP contribution in [0.25, 0.3) is 0 Å². The van der Waals surface area contributed by atoms with E-state index in [1.54, 1.807) is 182 Å². The summed E-state index contributed by atoms with van der Waals surface area (Å²) in [4.78, 5) is 0. The van der Waals surface area contributed by atoms with Crippen LogP contribution in [0.5, 0.6) is 5.75 Å². The first-order valence-corrected chi connectivity index (χ1v) is 23.1. The van der Waals surface area contributed by atoms with E-state index in [4.69, 9.17) is 22.6 Å². The van der Waals surface area contributed by atoms with E-state index >= 15 is 8.78 Å². The van der Waals surface area contributed by atoms with E-state index in [1.165, 1.54) is 0 Å². The second-order valence-corrected chi connectivity index (χ2v) is 21.6. The molecule has 5 nitrogen and oxygen atoms in total. The van der Waals surface area contributed by atoms with Crippen molar-refractivity contribution in [3.8, 4) is 5.75 Å². The van der Waals surface area contributed by atoms with Crippen molar-refractivity contribution in [1.82, 2.24) is 0 Å². The summed E-state index contributed by atoms with van der Waals surface area (Å²) in [7, 11) is -13.5. The van der Waals surface area contributed by atoms with Gasteiger partial charge in [0.05, 0.1) is 0 Å². The second-order valence-electron chi connectivity index (χ2n) is 13.8. The molecule has 7 aromatic rings. The van der Waals surface area contributed by atoms with E-state index < -0.39 is 64.4 Å². The van der Waals surface area contributed by atoms with Crippen LogP contribution >= 0.6 is 14.1 Å². The predicted molar refractivity (Wildman–Crippen MR) is 229 cm³/mol. The summed E-state index contributed by atoms with van der Waals surface area (Å²) < 4.78 is 152. The molecule has 0 heterocycles.